The standard InChI is InChI=1S/C7H14N2O2.2C2H4O2/c1-11-7(10)4-6-5-8-2-3-9-6;2*1-2(3)4/h6,8-9H,2-5H2,1H3;2*1H3,(H,3,4). The van der Waals surface area contributed by atoms with E-state index in [9.17, 15) is 4.79 Å². The van der Waals surface area contributed by atoms with Crippen LogP contribution in [-0.2, 0) is 19.1 Å². The molecule has 8 heteroatoms. The van der Waals surface area contributed by atoms with Crippen LogP contribution < -0.4 is 10.6 Å². The molecular formula is C11H22N2O6. The zero-order valence-electron chi connectivity index (χ0n) is 11.4. The van der Waals surface area contributed by atoms with Crippen LogP contribution in [0.2, 0.25) is 0 Å². The Morgan fingerprint density at radius 2 is 1.63 bits per heavy atom. The summed E-state index contributed by atoms with van der Waals surface area (Å²) in [7, 11) is 1.42. The smallest absolute Gasteiger partial charge is 0.307 e. The van der Waals surface area contributed by atoms with Gasteiger partial charge in [0.15, 0.2) is 0 Å². The van der Waals surface area contributed by atoms with Gasteiger partial charge in [0.1, 0.15) is 0 Å². The Hall–Kier alpha value is -1.67. The van der Waals surface area contributed by atoms with Gasteiger partial charge in [-0.15, -0.1) is 0 Å². The molecule has 1 heterocycles. The molecule has 0 bridgehead atoms. The molecule has 1 saturated heterocycles. The van der Waals surface area contributed by atoms with Crippen LogP contribution in [-0.4, -0.2) is 60.9 Å². The highest BCUT2D eigenvalue weighted by atomic mass is 16.5. The van der Waals surface area contributed by atoms with Gasteiger partial charge in [0.05, 0.1) is 13.5 Å². The molecule has 0 saturated carbocycles. The van der Waals surface area contributed by atoms with Crippen molar-refractivity contribution in [2.24, 2.45) is 0 Å². The van der Waals surface area contributed by atoms with Crippen molar-refractivity contribution in [1.29, 1.82) is 0 Å². The summed E-state index contributed by atoms with van der Waals surface area (Å²) < 4.78 is 4.55. The minimum Gasteiger partial charge on any atom is -0.481 e. The number of hydrogen-bond acceptors (Lipinski definition) is 6. The predicted molar refractivity (Wildman–Crippen MR) is 67.9 cm³/mol. The summed E-state index contributed by atoms with van der Waals surface area (Å²) in [6.07, 6.45) is 0.462. The number of aliphatic carboxylic acids is 2. The fourth-order valence-electron chi connectivity index (χ4n) is 1.14. The van der Waals surface area contributed by atoms with Crippen LogP contribution in [0.15, 0.2) is 0 Å². The Morgan fingerprint density at radius 3 is 1.95 bits per heavy atom. The van der Waals surface area contributed by atoms with E-state index in [2.05, 4.69) is 15.4 Å². The highest BCUT2D eigenvalue weighted by Gasteiger charge is 2.15. The largest absolute Gasteiger partial charge is 0.481 e. The van der Waals surface area contributed by atoms with Gasteiger partial charge in [0, 0.05) is 39.5 Å². The third kappa shape index (κ3) is 22.1. The Labute approximate surface area is 112 Å². The Bertz CT molecular complexity index is 256. The first-order chi connectivity index (χ1) is 8.79. The lowest BCUT2D eigenvalue weighted by Crippen LogP contribution is -2.49. The molecule has 1 aliphatic heterocycles. The quantitative estimate of drug-likeness (QED) is 0.488. The van der Waals surface area contributed by atoms with Gasteiger partial charge in [-0.2, -0.15) is 0 Å². The summed E-state index contributed by atoms with van der Waals surface area (Å²) in [6, 6.07) is 0.246. The number of nitrogens with one attached hydrogen (secondary N) is 2. The zero-order chi connectivity index (χ0) is 15.3. The maximum absolute atomic E-state index is 10.8. The van der Waals surface area contributed by atoms with E-state index in [0.29, 0.717) is 6.42 Å². The summed E-state index contributed by atoms with van der Waals surface area (Å²) in [4.78, 5) is 28.8. The molecule has 1 unspecified atom stereocenters. The third-order valence-electron chi connectivity index (χ3n) is 1.77. The average Bonchev–Trinajstić information content (AvgIpc) is 2.28. The minimum atomic E-state index is -0.833. The molecule has 0 radical (unpaired) electrons. The van der Waals surface area contributed by atoms with Crippen LogP contribution in [0, 0.1) is 0 Å². The number of carboxylic acid groups (broad SMARTS) is 2. The van der Waals surface area contributed by atoms with Crippen molar-refractivity contribution in [3.63, 3.8) is 0 Å². The number of piperazine rings is 1. The molecule has 112 valence electrons. The molecule has 1 aliphatic rings. The Balaban J connectivity index is 0. The maximum Gasteiger partial charge on any atom is 0.307 e. The summed E-state index contributed by atoms with van der Waals surface area (Å²) in [5.41, 5.74) is 0. The monoisotopic (exact) mass is 278 g/mol. The van der Waals surface area contributed by atoms with Gasteiger partial charge < -0.3 is 25.6 Å². The number of methoxy groups -OCH3 is 1. The highest BCUT2D eigenvalue weighted by molar-refractivity contribution is 5.69. The fourth-order valence-corrected chi connectivity index (χ4v) is 1.14. The molecule has 0 aromatic rings. The number of esters is 1. The van der Waals surface area contributed by atoms with Crippen molar-refractivity contribution in [1.82, 2.24) is 10.6 Å². The molecule has 0 aliphatic carbocycles. The Kier molecular flexibility index (Phi) is 13.2. The normalized spacial score (nSPS) is 16.9. The molecule has 1 rings (SSSR count). The molecule has 0 amide bonds. The van der Waals surface area contributed by atoms with Crippen LogP contribution in [0.5, 0.6) is 0 Å². The van der Waals surface area contributed by atoms with E-state index in [1.807, 2.05) is 0 Å². The van der Waals surface area contributed by atoms with Gasteiger partial charge in [0.2, 0.25) is 0 Å². The lowest BCUT2D eigenvalue weighted by molar-refractivity contribution is -0.141. The van der Waals surface area contributed by atoms with E-state index in [4.69, 9.17) is 19.8 Å². The second-order valence-electron chi connectivity index (χ2n) is 3.67. The molecule has 0 aromatic carbocycles. The number of ether oxygens (including phenoxy) is 1. The third-order valence-corrected chi connectivity index (χ3v) is 1.77. The first-order valence-corrected chi connectivity index (χ1v) is 5.69. The zero-order valence-corrected chi connectivity index (χ0v) is 11.4. The highest BCUT2D eigenvalue weighted by Crippen LogP contribution is 1.95. The van der Waals surface area contributed by atoms with Crippen LogP contribution in [0.4, 0.5) is 0 Å². The van der Waals surface area contributed by atoms with Crippen molar-refractivity contribution in [3.05, 3.63) is 0 Å². The molecule has 0 aromatic heterocycles. The van der Waals surface area contributed by atoms with E-state index in [1.165, 1.54) is 7.11 Å². The number of rotatable bonds is 2. The number of carbonyl (C=O) groups excluding carboxylic acids is 1. The second-order valence-corrected chi connectivity index (χ2v) is 3.67. The molecule has 8 nitrogen and oxygen atoms in total. The van der Waals surface area contributed by atoms with E-state index >= 15 is 0 Å². The van der Waals surface area contributed by atoms with Crippen LogP contribution in [0.25, 0.3) is 0 Å². The van der Waals surface area contributed by atoms with Crippen molar-refractivity contribution < 1.29 is 29.3 Å². The molecule has 19 heavy (non-hydrogen) atoms. The van der Waals surface area contributed by atoms with Crippen molar-refractivity contribution >= 4 is 17.9 Å². The SMILES string of the molecule is CC(=O)O.CC(=O)O.COC(=O)CC1CNCCN1. The van der Waals surface area contributed by atoms with Crippen molar-refractivity contribution in [2.45, 2.75) is 26.3 Å². The molecular weight excluding hydrogens is 256 g/mol. The van der Waals surface area contributed by atoms with E-state index in [1.54, 1.807) is 0 Å². The van der Waals surface area contributed by atoms with Gasteiger partial charge in [-0.3, -0.25) is 14.4 Å². The number of carboxylic acids is 2. The maximum atomic E-state index is 10.8. The Morgan fingerprint density at radius 1 is 1.16 bits per heavy atom. The topological polar surface area (TPSA) is 125 Å². The number of hydrogen-bond donors (Lipinski definition) is 4. The summed E-state index contributed by atoms with van der Waals surface area (Å²) >= 11 is 0. The number of carbonyl (C=O) groups is 3. The van der Waals surface area contributed by atoms with Crippen LogP contribution in [0.1, 0.15) is 20.3 Å². The van der Waals surface area contributed by atoms with Gasteiger partial charge >= 0.3 is 5.97 Å². The lowest BCUT2D eigenvalue weighted by Gasteiger charge is -2.23. The molecule has 1 fully saturated rings. The van der Waals surface area contributed by atoms with E-state index in [-0.39, 0.29) is 12.0 Å². The lowest BCUT2D eigenvalue weighted by atomic mass is 10.2. The summed E-state index contributed by atoms with van der Waals surface area (Å²) in [5.74, 6) is -1.81. The van der Waals surface area contributed by atoms with E-state index < -0.39 is 11.9 Å². The van der Waals surface area contributed by atoms with Gasteiger partial charge in [-0.05, 0) is 0 Å². The first-order valence-electron chi connectivity index (χ1n) is 5.69. The molecule has 4 N–H and O–H groups in total. The van der Waals surface area contributed by atoms with Gasteiger partial charge in [-0.1, -0.05) is 0 Å². The summed E-state index contributed by atoms with van der Waals surface area (Å²) in [5, 5.41) is 21.2. The molecule has 1 atom stereocenters. The predicted octanol–water partition coefficient (Wildman–Crippen LogP) is -0.707. The minimum absolute atomic E-state index is 0.147. The van der Waals surface area contributed by atoms with Crippen molar-refractivity contribution in [2.75, 3.05) is 26.7 Å². The van der Waals surface area contributed by atoms with Crippen molar-refractivity contribution in [3.8, 4) is 0 Å². The van der Waals surface area contributed by atoms with Gasteiger partial charge in [0.25, 0.3) is 11.9 Å². The summed E-state index contributed by atoms with van der Waals surface area (Å²) in [6.45, 7) is 4.94. The molecule has 0 spiro atoms. The van der Waals surface area contributed by atoms with Gasteiger partial charge in [-0.25, -0.2) is 0 Å². The van der Waals surface area contributed by atoms with Crippen LogP contribution >= 0.6 is 0 Å². The second kappa shape index (κ2) is 12.8. The average molecular weight is 278 g/mol. The first kappa shape index (κ1) is 19.7. The van der Waals surface area contributed by atoms with Crippen LogP contribution in [0.3, 0.4) is 0 Å². The fraction of sp³-hybridized carbons (Fsp3) is 0.727. The van der Waals surface area contributed by atoms with E-state index in [0.717, 1.165) is 33.5 Å².